The van der Waals surface area contributed by atoms with Gasteiger partial charge in [-0.1, -0.05) is 206 Å². The average molecular weight is 641 g/mol. The summed E-state index contributed by atoms with van der Waals surface area (Å²) in [6.07, 6.45) is 43.5. The van der Waals surface area contributed by atoms with Crippen molar-refractivity contribution in [2.24, 2.45) is 0 Å². The number of unbranched alkanes of at least 4 members (excludes halogenated alkanes) is 30. The second kappa shape index (κ2) is 40.0. The molecule has 0 saturated carbocycles. The Morgan fingerprint density at radius 3 is 0.778 bits per heavy atom. The highest BCUT2D eigenvalue weighted by Gasteiger charge is 2.26. The molecule has 45 heavy (non-hydrogen) atoms. The maximum atomic E-state index is 5.62. The van der Waals surface area contributed by atoms with E-state index in [9.17, 15) is 0 Å². The van der Waals surface area contributed by atoms with Gasteiger partial charge in [0.15, 0.2) is 0 Å². The van der Waals surface area contributed by atoms with Gasteiger partial charge in [-0.05, 0) is 26.7 Å². The monoisotopic (exact) mass is 641 g/mol. The van der Waals surface area contributed by atoms with Gasteiger partial charge in [0, 0.05) is 6.10 Å². The Balaban J connectivity index is 3.43. The molecule has 0 bridgehead atoms. The summed E-state index contributed by atoms with van der Waals surface area (Å²) in [6.45, 7) is 9.59. The zero-order valence-corrected chi connectivity index (χ0v) is 31.2. The minimum atomic E-state index is -0.938. The number of hydrogen-bond donors (Lipinski definition) is 0. The lowest BCUT2D eigenvalue weighted by molar-refractivity contribution is -0.303. The average Bonchev–Trinajstić information content (AvgIpc) is 3.03. The molecular formula is C39H81BO5. The molecule has 0 unspecified atom stereocenters. The summed E-state index contributed by atoms with van der Waals surface area (Å²) in [6, 6.07) is 0. The molecule has 0 rings (SSSR count). The summed E-state index contributed by atoms with van der Waals surface area (Å²) in [7, 11) is -0.938. The highest BCUT2D eigenvalue weighted by atomic mass is 17.3. The molecule has 0 amide bonds. The molecule has 0 aromatic heterocycles. The van der Waals surface area contributed by atoms with Crippen molar-refractivity contribution >= 4 is 7.32 Å². The highest BCUT2D eigenvalue weighted by Crippen LogP contribution is 2.15. The predicted octanol–water partition coefficient (Wildman–Crippen LogP) is 13.8. The molecule has 0 radical (unpaired) electrons. The maximum Gasteiger partial charge on any atom is 0.696 e. The minimum Gasteiger partial charge on any atom is -0.381 e. The quantitative estimate of drug-likeness (QED) is 0.0289. The van der Waals surface area contributed by atoms with E-state index in [-0.39, 0.29) is 6.10 Å². The van der Waals surface area contributed by atoms with Crippen molar-refractivity contribution in [3.8, 4) is 0 Å². The van der Waals surface area contributed by atoms with Gasteiger partial charge in [0.05, 0.1) is 13.2 Å². The van der Waals surface area contributed by atoms with Crippen LogP contribution >= 0.6 is 0 Å². The summed E-state index contributed by atoms with van der Waals surface area (Å²) in [5.41, 5.74) is 0. The zero-order chi connectivity index (χ0) is 32.7. The Kier molecular flexibility index (Phi) is 39.9. The first kappa shape index (κ1) is 44.9. The third-order valence-corrected chi connectivity index (χ3v) is 8.84. The van der Waals surface area contributed by atoms with Crippen molar-refractivity contribution in [2.45, 2.75) is 239 Å². The van der Waals surface area contributed by atoms with Crippen molar-refractivity contribution < 1.29 is 24.0 Å². The molecule has 0 heterocycles. The Bertz CT molecular complexity index is 482. The van der Waals surface area contributed by atoms with Gasteiger partial charge < -0.3 is 4.65 Å². The topological polar surface area (TPSA) is 46.2 Å². The van der Waals surface area contributed by atoms with Crippen LogP contribution in [-0.2, 0) is 24.0 Å². The highest BCUT2D eigenvalue weighted by molar-refractivity contribution is 6.35. The smallest absolute Gasteiger partial charge is 0.381 e. The normalized spacial score (nSPS) is 11.7. The summed E-state index contributed by atoms with van der Waals surface area (Å²) in [5, 5.41) is 0. The van der Waals surface area contributed by atoms with Gasteiger partial charge in [-0.2, -0.15) is 0 Å². The van der Waals surface area contributed by atoms with E-state index < -0.39 is 7.32 Å². The second-order valence-electron chi connectivity index (χ2n) is 13.9. The van der Waals surface area contributed by atoms with Crippen LogP contribution in [0.15, 0.2) is 0 Å². The van der Waals surface area contributed by atoms with Crippen LogP contribution < -0.4 is 0 Å². The van der Waals surface area contributed by atoms with E-state index in [4.69, 9.17) is 24.0 Å². The fourth-order valence-corrected chi connectivity index (χ4v) is 5.91. The van der Waals surface area contributed by atoms with Crippen LogP contribution in [0.25, 0.3) is 0 Å². The molecule has 0 N–H and O–H groups in total. The Hall–Kier alpha value is -0.135. The summed E-state index contributed by atoms with van der Waals surface area (Å²) < 4.78 is 5.62. The van der Waals surface area contributed by atoms with Crippen LogP contribution in [0.5, 0.6) is 0 Å². The van der Waals surface area contributed by atoms with Crippen molar-refractivity contribution in [2.75, 3.05) is 13.2 Å². The third-order valence-electron chi connectivity index (χ3n) is 8.84. The van der Waals surface area contributed by atoms with E-state index in [1.165, 1.54) is 193 Å². The molecule has 0 aliphatic rings. The standard InChI is InChI=1S/C39H81BO5/c1-5-7-9-11-13-15-17-19-21-23-25-27-29-31-33-35-37-41-44-40(43-39(3)4)45-42-38-36-34-32-30-28-26-24-22-20-18-16-14-12-10-8-6-2/h39H,5-38H2,1-4H3. The van der Waals surface area contributed by atoms with Gasteiger partial charge in [0.1, 0.15) is 0 Å². The number of hydrogen-bond acceptors (Lipinski definition) is 5. The summed E-state index contributed by atoms with van der Waals surface area (Å²) in [4.78, 5) is 21.4. The van der Waals surface area contributed by atoms with Gasteiger partial charge in [-0.25, -0.2) is 19.4 Å². The van der Waals surface area contributed by atoms with E-state index in [0.717, 1.165) is 12.8 Å². The zero-order valence-electron chi connectivity index (χ0n) is 31.2. The van der Waals surface area contributed by atoms with Crippen LogP contribution in [0, 0.1) is 0 Å². The van der Waals surface area contributed by atoms with E-state index in [2.05, 4.69) is 13.8 Å². The van der Waals surface area contributed by atoms with Crippen LogP contribution in [0.1, 0.15) is 233 Å². The molecule has 0 aliphatic heterocycles. The Morgan fingerprint density at radius 1 is 0.333 bits per heavy atom. The lowest BCUT2D eigenvalue weighted by atomic mass is 10.0. The van der Waals surface area contributed by atoms with Gasteiger partial charge >= 0.3 is 7.32 Å². The van der Waals surface area contributed by atoms with Crippen LogP contribution in [-0.4, -0.2) is 26.6 Å². The minimum absolute atomic E-state index is 0.0340. The molecule has 0 saturated heterocycles. The van der Waals surface area contributed by atoms with Crippen molar-refractivity contribution in [3.63, 3.8) is 0 Å². The molecular weight excluding hydrogens is 559 g/mol. The van der Waals surface area contributed by atoms with E-state index in [1.807, 2.05) is 13.8 Å². The van der Waals surface area contributed by atoms with Gasteiger partial charge in [0.25, 0.3) is 0 Å². The molecule has 270 valence electrons. The van der Waals surface area contributed by atoms with Crippen molar-refractivity contribution in [3.05, 3.63) is 0 Å². The van der Waals surface area contributed by atoms with Gasteiger partial charge in [-0.15, -0.1) is 0 Å². The molecule has 0 aliphatic carbocycles. The SMILES string of the molecule is CCCCCCCCCCCCCCCCCCOOB(OOCCCCCCCCCCCCCCCCCC)OC(C)C. The summed E-state index contributed by atoms with van der Waals surface area (Å²) in [5.74, 6) is 0. The fraction of sp³-hybridized carbons (Fsp3) is 1.00. The maximum absolute atomic E-state index is 5.62. The summed E-state index contributed by atoms with van der Waals surface area (Å²) >= 11 is 0. The van der Waals surface area contributed by atoms with Crippen LogP contribution in [0.3, 0.4) is 0 Å². The Morgan fingerprint density at radius 2 is 0.556 bits per heavy atom. The van der Waals surface area contributed by atoms with Crippen LogP contribution in [0.4, 0.5) is 0 Å². The molecule has 0 atom stereocenters. The number of rotatable bonds is 40. The molecule has 0 aromatic carbocycles. The predicted molar refractivity (Wildman–Crippen MR) is 195 cm³/mol. The van der Waals surface area contributed by atoms with Crippen molar-refractivity contribution in [1.29, 1.82) is 0 Å². The first-order valence-electron chi connectivity index (χ1n) is 20.4. The Labute approximate surface area is 283 Å². The second-order valence-corrected chi connectivity index (χ2v) is 13.9. The molecule has 0 aromatic rings. The van der Waals surface area contributed by atoms with Gasteiger partial charge in [-0.3, -0.25) is 0 Å². The van der Waals surface area contributed by atoms with Crippen molar-refractivity contribution in [1.82, 2.24) is 0 Å². The van der Waals surface area contributed by atoms with E-state index >= 15 is 0 Å². The molecule has 5 nitrogen and oxygen atoms in total. The molecule has 6 heteroatoms. The first-order valence-corrected chi connectivity index (χ1v) is 20.4. The van der Waals surface area contributed by atoms with E-state index in [1.54, 1.807) is 0 Å². The molecule has 0 fully saturated rings. The first-order chi connectivity index (χ1) is 22.2. The van der Waals surface area contributed by atoms with Gasteiger partial charge in [0.2, 0.25) is 0 Å². The van der Waals surface area contributed by atoms with E-state index in [0.29, 0.717) is 13.2 Å². The lowest BCUT2D eigenvalue weighted by Gasteiger charge is -2.15. The fourth-order valence-electron chi connectivity index (χ4n) is 5.91. The lowest BCUT2D eigenvalue weighted by Crippen LogP contribution is -2.30. The molecule has 0 spiro atoms. The largest absolute Gasteiger partial charge is 0.696 e. The third kappa shape index (κ3) is 40.0. The van der Waals surface area contributed by atoms with Crippen LogP contribution in [0.2, 0.25) is 0 Å².